The maximum Gasteiger partial charge on any atom is 0.433 e. The first-order valence-electron chi connectivity index (χ1n) is 16.1. The van der Waals surface area contributed by atoms with Crippen molar-refractivity contribution in [3.63, 3.8) is 0 Å². The number of amides is 3. The highest BCUT2D eigenvalue weighted by molar-refractivity contribution is 5.95. The summed E-state index contributed by atoms with van der Waals surface area (Å²) >= 11 is 0. The Balaban J connectivity index is 1.50. The van der Waals surface area contributed by atoms with Gasteiger partial charge in [0, 0.05) is 52.5 Å². The van der Waals surface area contributed by atoms with Gasteiger partial charge in [0.15, 0.2) is 11.3 Å². The second-order valence-corrected chi connectivity index (χ2v) is 14.0. The van der Waals surface area contributed by atoms with E-state index in [2.05, 4.69) is 15.7 Å². The number of aromatic amines is 1. The molecule has 7 atom stereocenters. The number of morpholine rings is 1. The molecule has 3 aliphatic rings. The number of aliphatic hydroxyl groups excluding tert-OH is 3. The van der Waals surface area contributed by atoms with Crippen LogP contribution >= 0.6 is 0 Å². The lowest BCUT2D eigenvalue weighted by atomic mass is 9.81. The highest BCUT2D eigenvalue weighted by Crippen LogP contribution is 2.38. The van der Waals surface area contributed by atoms with E-state index in [1.165, 1.54) is 0 Å². The average Bonchev–Trinajstić information content (AvgIpc) is 3.68. The summed E-state index contributed by atoms with van der Waals surface area (Å²) in [5.41, 5.74) is -5.84. The van der Waals surface area contributed by atoms with Gasteiger partial charge in [0.25, 0.3) is 5.91 Å². The summed E-state index contributed by atoms with van der Waals surface area (Å²) in [6.07, 6.45) is -12.4. The number of halogens is 3. The lowest BCUT2D eigenvalue weighted by Crippen LogP contribution is -2.68. The van der Waals surface area contributed by atoms with Gasteiger partial charge in [0.2, 0.25) is 5.91 Å². The van der Waals surface area contributed by atoms with Crippen molar-refractivity contribution in [2.45, 2.75) is 100 Å². The number of aromatic nitrogens is 2. The molecular formula is C30H45F3N6O11. The molecule has 3 amide bonds. The summed E-state index contributed by atoms with van der Waals surface area (Å²) in [5, 5.41) is 53.0. The van der Waals surface area contributed by atoms with Gasteiger partial charge in [-0.05, 0) is 27.2 Å². The number of ether oxygens (including phenoxy) is 3. The van der Waals surface area contributed by atoms with Crippen LogP contribution < -0.4 is 10.6 Å². The Morgan fingerprint density at radius 2 is 1.90 bits per heavy atom. The number of carbonyl (C=O) groups is 4. The number of alkyl halides is 3. The van der Waals surface area contributed by atoms with Gasteiger partial charge in [-0.3, -0.25) is 19.6 Å². The highest BCUT2D eigenvalue weighted by Gasteiger charge is 2.55. The minimum Gasteiger partial charge on any atom is -0.479 e. The van der Waals surface area contributed by atoms with Gasteiger partial charge in [-0.15, -0.1) is 0 Å². The quantitative estimate of drug-likeness (QED) is 0.161. The number of carboxylic acid groups (broad SMARTS) is 1. The van der Waals surface area contributed by atoms with E-state index in [0.717, 1.165) is 6.92 Å². The summed E-state index contributed by atoms with van der Waals surface area (Å²) < 4.78 is 56.9. The third-order valence-corrected chi connectivity index (χ3v) is 9.12. The molecule has 7 N–H and O–H groups in total. The summed E-state index contributed by atoms with van der Waals surface area (Å²) in [4.78, 5) is 53.7. The molecule has 4 rings (SSSR count). The molecule has 0 unspecified atom stereocenters. The number of likely N-dealkylation sites (tertiary alicyclic amines) is 1. The summed E-state index contributed by atoms with van der Waals surface area (Å²) in [6.45, 7) is 7.20. The Bertz CT molecular complexity index is 1410. The van der Waals surface area contributed by atoms with Crippen molar-refractivity contribution in [3.05, 3.63) is 17.5 Å². The van der Waals surface area contributed by atoms with Gasteiger partial charge >= 0.3 is 18.2 Å². The van der Waals surface area contributed by atoms with Crippen LogP contribution in [0.5, 0.6) is 0 Å². The van der Waals surface area contributed by atoms with Crippen LogP contribution in [0.4, 0.5) is 18.0 Å². The molecular weight excluding hydrogens is 677 g/mol. The summed E-state index contributed by atoms with van der Waals surface area (Å²) in [5.74, 6) is -3.45. The van der Waals surface area contributed by atoms with Crippen LogP contribution in [0.1, 0.15) is 63.0 Å². The number of hydrogen-bond donors (Lipinski definition) is 7. The van der Waals surface area contributed by atoms with Crippen LogP contribution in [-0.4, -0.2) is 157 Å². The van der Waals surface area contributed by atoms with Crippen LogP contribution in [-0.2, 0) is 30.0 Å². The number of carboxylic acids is 1. The maximum absolute atomic E-state index is 13.2. The number of carbonyl (C=O) groups excluding carboxylic acids is 3. The van der Waals surface area contributed by atoms with E-state index in [4.69, 9.17) is 14.2 Å². The van der Waals surface area contributed by atoms with Crippen molar-refractivity contribution < 1.29 is 67.0 Å². The standard InChI is InChI=1S/C30H45F3N6O11/c1-16(40)36-20-18(41)11-29(25(45)46,6-8-39-9-10-48-15-28(39)5-7-38(14-28)26(47)50-27(2,3)4)49-22(20)21(43)19(42)13-34-24(44)17-12-35-37-23(17)30(31,32)33/h12,18-22,41-43H,5-11,13-15H2,1-4H3,(H,34,44)(H,35,37)(H,36,40)(H,45,46)/t18-,19+,20+,21+,22+,28-,29+/m0/s1. The van der Waals surface area contributed by atoms with Gasteiger partial charge in [-0.1, -0.05) is 0 Å². The lowest BCUT2D eigenvalue weighted by molar-refractivity contribution is -0.231. The van der Waals surface area contributed by atoms with E-state index in [1.807, 2.05) is 4.90 Å². The normalized spacial score (nSPS) is 29.0. The number of H-pyrrole nitrogens is 1. The fourth-order valence-corrected chi connectivity index (χ4v) is 6.62. The third kappa shape index (κ3) is 8.83. The largest absolute Gasteiger partial charge is 0.479 e. The van der Waals surface area contributed by atoms with E-state index < -0.39 is 101 Å². The number of nitrogens with one attached hydrogen (secondary N) is 3. The van der Waals surface area contributed by atoms with Gasteiger partial charge in [-0.25, -0.2) is 9.59 Å². The maximum atomic E-state index is 13.2. The van der Waals surface area contributed by atoms with Gasteiger partial charge in [0.05, 0.1) is 48.8 Å². The first-order chi connectivity index (χ1) is 23.2. The monoisotopic (exact) mass is 722 g/mol. The number of hydrogen-bond acceptors (Lipinski definition) is 12. The molecule has 0 bridgehead atoms. The van der Waals surface area contributed by atoms with E-state index in [0.29, 0.717) is 32.3 Å². The van der Waals surface area contributed by atoms with Crippen molar-refractivity contribution in [2.75, 3.05) is 45.9 Å². The molecule has 1 aromatic rings. The average molecular weight is 723 g/mol. The fraction of sp³-hybridized carbons (Fsp3) is 0.767. The molecule has 0 aliphatic carbocycles. The van der Waals surface area contributed by atoms with Gasteiger partial charge in [0.1, 0.15) is 17.8 Å². The zero-order chi connectivity index (χ0) is 37.2. The molecule has 0 saturated carbocycles. The Labute approximate surface area is 285 Å². The number of nitrogens with zero attached hydrogens (tertiary/aromatic N) is 3. The first-order valence-corrected chi connectivity index (χ1v) is 16.1. The zero-order valence-electron chi connectivity index (χ0n) is 28.2. The lowest BCUT2D eigenvalue weighted by Gasteiger charge is -2.49. The molecule has 20 heteroatoms. The topological polar surface area (TPSA) is 236 Å². The molecule has 4 heterocycles. The Kier molecular flexibility index (Phi) is 11.7. The van der Waals surface area contributed by atoms with Crippen LogP contribution in [0, 0.1) is 0 Å². The molecule has 50 heavy (non-hydrogen) atoms. The van der Waals surface area contributed by atoms with E-state index in [9.17, 15) is 52.8 Å². The number of aliphatic carboxylic acids is 1. The minimum atomic E-state index is -4.94. The summed E-state index contributed by atoms with van der Waals surface area (Å²) in [7, 11) is 0. The van der Waals surface area contributed by atoms with Gasteiger partial charge < -0.3 is 50.2 Å². The predicted octanol–water partition coefficient (Wildman–Crippen LogP) is -0.540. The number of aliphatic hydroxyl groups is 3. The molecule has 3 aliphatic heterocycles. The Hall–Kier alpha value is -3.56. The van der Waals surface area contributed by atoms with E-state index in [-0.39, 0.29) is 26.1 Å². The van der Waals surface area contributed by atoms with Crippen molar-refractivity contribution >= 4 is 23.9 Å². The zero-order valence-corrected chi connectivity index (χ0v) is 28.2. The Morgan fingerprint density at radius 1 is 1.20 bits per heavy atom. The van der Waals surface area contributed by atoms with Gasteiger partial charge in [-0.2, -0.15) is 18.3 Å². The third-order valence-electron chi connectivity index (χ3n) is 9.12. The molecule has 282 valence electrons. The second-order valence-electron chi connectivity index (χ2n) is 14.0. The van der Waals surface area contributed by atoms with E-state index in [1.54, 1.807) is 30.8 Å². The minimum absolute atomic E-state index is 0.0863. The smallest absolute Gasteiger partial charge is 0.433 e. The SMILES string of the molecule is CC(=O)N[C@H]1[C@H]([C@H](O)[C@H](O)CNC(=O)c2cn[nH]c2C(F)(F)F)O[C@@](CCN2CCOC[C@@]23CCN(C(=O)OC(C)(C)C)C3)(C(=O)O)C[C@@H]1O. The molecule has 17 nitrogen and oxygen atoms in total. The van der Waals surface area contributed by atoms with Crippen LogP contribution in [0.2, 0.25) is 0 Å². The molecule has 0 aromatic carbocycles. The fourth-order valence-electron chi connectivity index (χ4n) is 6.62. The summed E-state index contributed by atoms with van der Waals surface area (Å²) in [6, 6.07) is -1.42. The Morgan fingerprint density at radius 3 is 2.52 bits per heavy atom. The molecule has 1 spiro atoms. The van der Waals surface area contributed by atoms with Crippen molar-refractivity contribution in [2.24, 2.45) is 0 Å². The molecule has 3 fully saturated rings. The van der Waals surface area contributed by atoms with Crippen molar-refractivity contribution in [1.29, 1.82) is 0 Å². The van der Waals surface area contributed by atoms with Crippen LogP contribution in [0.3, 0.4) is 0 Å². The van der Waals surface area contributed by atoms with Crippen LogP contribution in [0.25, 0.3) is 0 Å². The number of rotatable bonds is 10. The molecule has 0 radical (unpaired) electrons. The predicted molar refractivity (Wildman–Crippen MR) is 164 cm³/mol. The molecule has 1 aromatic heterocycles. The van der Waals surface area contributed by atoms with Crippen molar-refractivity contribution in [1.82, 2.24) is 30.6 Å². The van der Waals surface area contributed by atoms with Crippen LogP contribution in [0.15, 0.2) is 6.20 Å². The molecule has 3 saturated heterocycles. The second kappa shape index (κ2) is 15.0. The first kappa shape index (κ1) is 39.2. The van der Waals surface area contributed by atoms with E-state index >= 15 is 0 Å². The van der Waals surface area contributed by atoms with Crippen molar-refractivity contribution in [3.8, 4) is 0 Å². The highest BCUT2D eigenvalue weighted by atomic mass is 19.4.